The molecule has 0 unspecified atom stereocenters. The van der Waals surface area contributed by atoms with Crippen LogP contribution in [0, 0.1) is 0 Å². The number of imide groups is 1. The molecule has 3 aromatic carbocycles. The van der Waals surface area contributed by atoms with Gasteiger partial charge in [-0.1, -0.05) is 42.5 Å². The molecule has 5 aromatic rings. The molecule has 1 saturated heterocycles. The Hall–Kier alpha value is -4.12. The highest BCUT2D eigenvalue weighted by atomic mass is 16.2. The molecule has 5 nitrogen and oxygen atoms in total. The van der Waals surface area contributed by atoms with Gasteiger partial charge >= 0.3 is 0 Å². The molecule has 1 fully saturated rings. The number of hydrogen-bond acceptors (Lipinski definition) is 2. The largest absolute Gasteiger partial charge is 0.361 e. The van der Waals surface area contributed by atoms with Gasteiger partial charge in [-0.3, -0.25) is 14.5 Å². The lowest BCUT2D eigenvalue weighted by Crippen LogP contribution is -2.28. The monoisotopic (exact) mass is 445 g/mol. The van der Waals surface area contributed by atoms with E-state index >= 15 is 0 Å². The van der Waals surface area contributed by atoms with Gasteiger partial charge in [0.05, 0.1) is 11.2 Å². The summed E-state index contributed by atoms with van der Waals surface area (Å²) in [5.41, 5.74) is 8.79. The minimum absolute atomic E-state index is 0.126. The van der Waals surface area contributed by atoms with E-state index in [0.717, 1.165) is 52.5 Å². The molecule has 0 radical (unpaired) electrons. The zero-order valence-corrected chi connectivity index (χ0v) is 18.7. The highest BCUT2D eigenvalue weighted by molar-refractivity contribution is 6.20. The van der Waals surface area contributed by atoms with Gasteiger partial charge in [-0.2, -0.15) is 0 Å². The van der Waals surface area contributed by atoms with E-state index < -0.39 is 0 Å². The predicted octanol–water partition coefficient (Wildman–Crippen LogP) is 6.06. The van der Waals surface area contributed by atoms with E-state index in [0.29, 0.717) is 5.69 Å². The summed E-state index contributed by atoms with van der Waals surface area (Å²) in [6.45, 7) is 0.999. The van der Waals surface area contributed by atoms with E-state index in [2.05, 4.69) is 64.4 Å². The summed E-state index contributed by atoms with van der Waals surface area (Å²) >= 11 is 0. The van der Waals surface area contributed by atoms with Crippen LogP contribution in [0.5, 0.6) is 0 Å². The van der Waals surface area contributed by atoms with Crippen molar-refractivity contribution < 1.29 is 9.59 Å². The van der Waals surface area contributed by atoms with Gasteiger partial charge < -0.3 is 9.55 Å². The number of aromatic amines is 1. The fourth-order valence-corrected chi connectivity index (χ4v) is 5.76. The number of fused-ring (bicyclic) bond motifs is 1. The maximum absolute atomic E-state index is 12.5. The molecule has 2 aliphatic heterocycles. The fraction of sp³-hybridized carbons (Fsp3) is 0.172. The third kappa shape index (κ3) is 2.73. The Morgan fingerprint density at radius 2 is 1.56 bits per heavy atom. The number of aromatic nitrogens is 2. The van der Waals surface area contributed by atoms with Crippen LogP contribution in [-0.4, -0.2) is 21.4 Å². The molecular weight excluding hydrogens is 422 g/mol. The Morgan fingerprint density at radius 3 is 2.44 bits per heavy atom. The van der Waals surface area contributed by atoms with Crippen LogP contribution in [0.15, 0.2) is 73.1 Å². The van der Waals surface area contributed by atoms with E-state index in [1.54, 1.807) is 0 Å². The molecule has 166 valence electrons. The number of benzene rings is 3. The van der Waals surface area contributed by atoms with Gasteiger partial charge in [-0.05, 0) is 47.7 Å². The molecule has 2 aliphatic rings. The number of amides is 2. The van der Waals surface area contributed by atoms with Crippen molar-refractivity contribution >= 4 is 39.3 Å². The van der Waals surface area contributed by atoms with Crippen LogP contribution in [0.3, 0.4) is 0 Å². The van der Waals surface area contributed by atoms with Gasteiger partial charge in [-0.15, -0.1) is 0 Å². The van der Waals surface area contributed by atoms with Crippen LogP contribution in [0.2, 0.25) is 0 Å². The number of rotatable bonds is 3. The molecular formula is C29H23N3O2. The van der Waals surface area contributed by atoms with Crippen LogP contribution in [-0.2, 0) is 22.6 Å². The van der Waals surface area contributed by atoms with Crippen molar-refractivity contribution in [3.8, 4) is 22.3 Å². The van der Waals surface area contributed by atoms with E-state index in [9.17, 15) is 9.59 Å². The molecule has 1 N–H and O–H groups in total. The summed E-state index contributed by atoms with van der Waals surface area (Å²) in [7, 11) is 0. The Bertz CT molecular complexity index is 1620. The topological polar surface area (TPSA) is 58.1 Å². The van der Waals surface area contributed by atoms with Crippen molar-refractivity contribution in [2.75, 3.05) is 4.90 Å². The molecule has 0 saturated carbocycles. The Kier molecular flexibility index (Phi) is 4.09. The highest BCUT2D eigenvalue weighted by Crippen LogP contribution is 2.43. The van der Waals surface area contributed by atoms with Gasteiger partial charge in [0, 0.05) is 59.2 Å². The summed E-state index contributed by atoms with van der Waals surface area (Å²) in [5, 5.41) is 2.37. The van der Waals surface area contributed by atoms with Crippen molar-refractivity contribution in [1.29, 1.82) is 0 Å². The normalized spacial score (nSPS) is 15.7. The van der Waals surface area contributed by atoms with Crippen LogP contribution in [0.1, 0.15) is 24.8 Å². The standard InChI is InChI=1S/C29H23N3O2/c33-27-12-13-28(34)32(27)19-10-11-20(24-16-30-26-9-2-1-7-21(24)26)23(15-19)25-17-31-14-4-6-18-5-3-8-22(25)29(18)31/h1-3,5,7-11,15-17,30H,4,6,12-14H2. The van der Waals surface area contributed by atoms with Crippen molar-refractivity contribution in [2.45, 2.75) is 32.2 Å². The number of nitrogens with zero attached hydrogens (tertiary/aromatic N) is 2. The van der Waals surface area contributed by atoms with E-state index in [-0.39, 0.29) is 24.7 Å². The lowest BCUT2D eigenvalue weighted by molar-refractivity contribution is -0.121. The Morgan fingerprint density at radius 1 is 0.735 bits per heavy atom. The minimum Gasteiger partial charge on any atom is -0.361 e. The second kappa shape index (κ2) is 7.19. The number of nitrogens with one attached hydrogen (secondary N) is 1. The second-order valence-corrected chi connectivity index (χ2v) is 9.25. The first-order valence-corrected chi connectivity index (χ1v) is 11.9. The minimum atomic E-state index is -0.126. The van der Waals surface area contributed by atoms with Crippen LogP contribution >= 0.6 is 0 Å². The molecule has 0 aliphatic carbocycles. The Balaban J connectivity index is 1.52. The van der Waals surface area contributed by atoms with Crippen LogP contribution in [0.25, 0.3) is 44.1 Å². The smallest absolute Gasteiger partial charge is 0.234 e. The van der Waals surface area contributed by atoms with Gasteiger partial charge in [0.15, 0.2) is 0 Å². The van der Waals surface area contributed by atoms with E-state index in [1.807, 2.05) is 18.2 Å². The van der Waals surface area contributed by atoms with Crippen molar-refractivity contribution in [3.63, 3.8) is 0 Å². The van der Waals surface area contributed by atoms with Crippen LogP contribution < -0.4 is 4.90 Å². The van der Waals surface area contributed by atoms with Crippen molar-refractivity contribution in [2.24, 2.45) is 0 Å². The number of H-pyrrole nitrogens is 1. The predicted molar refractivity (Wildman–Crippen MR) is 135 cm³/mol. The van der Waals surface area contributed by atoms with E-state index in [1.165, 1.54) is 21.4 Å². The first-order chi connectivity index (χ1) is 16.7. The molecule has 2 amide bonds. The quantitative estimate of drug-likeness (QED) is 0.343. The first kappa shape index (κ1) is 19.4. The van der Waals surface area contributed by atoms with Gasteiger partial charge in [0.1, 0.15) is 0 Å². The molecule has 5 heteroatoms. The number of carbonyl (C=O) groups is 2. The van der Waals surface area contributed by atoms with Crippen molar-refractivity contribution in [1.82, 2.24) is 9.55 Å². The average Bonchev–Trinajstić information content (AvgIpc) is 3.55. The zero-order valence-electron chi connectivity index (χ0n) is 18.7. The van der Waals surface area contributed by atoms with Crippen molar-refractivity contribution in [3.05, 3.63) is 78.6 Å². The third-order valence-corrected chi connectivity index (χ3v) is 7.31. The summed E-state index contributed by atoms with van der Waals surface area (Å²) in [4.78, 5) is 29.8. The maximum atomic E-state index is 12.5. The fourth-order valence-electron chi connectivity index (χ4n) is 5.76. The van der Waals surface area contributed by atoms with E-state index in [4.69, 9.17) is 0 Å². The summed E-state index contributed by atoms with van der Waals surface area (Å²) in [6, 6.07) is 20.8. The summed E-state index contributed by atoms with van der Waals surface area (Å²) in [6.07, 6.45) is 7.08. The number of carbonyl (C=O) groups excluding carboxylic acids is 2. The molecule has 2 aromatic heterocycles. The summed E-state index contributed by atoms with van der Waals surface area (Å²) in [5.74, 6) is -0.253. The lowest BCUT2D eigenvalue weighted by Gasteiger charge is -2.17. The number of para-hydroxylation sites is 2. The number of hydrogen-bond donors (Lipinski definition) is 1. The molecule has 4 heterocycles. The number of anilines is 1. The summed E-state index contributed by atoms with van der Waals surface area (Å²) < 4.78 is 2.36. The highest BCUT2D eigenvalue weighted by Gasteiger charge is 2.31. The first-order valence-electron chi connectivity index (χ1n) is 11.9. The number of aryl methyl sites for hydroxylation is 2. The van der Waals surface area contributed by atoms with Gasteiger partial charge in [0.2, 0.25) is 11.8 Å². The molecule has 0 atom stereocenters. The molecule has 7 rings (SSSR count). The lowest BCUT2D eigenvalue weighted by atomic mass is 9.92. The second-order valence-electron chi connectivity index (χ2n) is 9.25. The average molecular weight is 446 g/mol. The van der Waals surface area contributed by atoms with Crippen LogP contribution in [0.4, 0.5) is 5.69 Å². The molecule has 0 bridgehead atoms. The molecule has 0 spiro atoms. The van der Waals surface area contributed by atoms with Gasteiger partial charge in [-0.25, -0.2) is 0 Å². The Labute approximate surface area is 196 Å². The zero-order chi connectivity index (χ0) is 22.8. The maximum Gasteiger partial charge on any atom is 0.234 e. The molecule has 34 heavy (non-hydrogen) atoms. The van der Waals surface area contributed by atoms with Gasteiger partial charge in [0.25, 0.3) is 0 Å². The SMILES string of the molecule is O=C1CCC(=O)N1c1ccc(-c2c[nH]c3ccccc23)c(-c2cn3c4c(cccc24)CCC3)c1. The third-order valence-electron chi connectivity index (χ3n) is 7.31.